The van der Waals surface area contributed by atoms with Gasteiger partial charge in [-0.15, -0.1) is 30.6 Å². The van der Waals surface area contributed by atoms with Crippen molar-refractivity contribution in [2.45, 2.75) is 19.3 Å². The Kier molecular flexibility index (Phi) is 6.34. The predicted molar refractivity (Wildman–Crippen MR) is 91.9 cm³/mol. The van der Waals surface area contributed by atoms with E-state index >= 15 is 0 Å². The van der Waals surface area contributed by atoms with Gasteiger partial charge in [0, 0.05) is 13.1 Å². The van der Waals surface area contributed by atoms with Crippen LogP contribution in [0.4, 0.5) is 0 Å². The lowest BCUT2D eigenvalue weighted by Crippen LogP contribution is -2.32. The summed E-state index contributed by atoms with van der Waals surface area (Å²) in [6.07, 6.45) is 5.38. The summed E-state index contributed by atoms with van der Waals surface area (Å²) in [4.78, 5) is 4.43. The maximum absolute atomic E-state index is 5.78. The Hall–Kier alpha value is -1.04. The van der Waals surface area contributed by atoms with E-state index in [1.54, 1.807) is 6.08 Å². The smallest absolute Gasteiger partial charge is 0.188 e. The summed E-state index contributed by atoms with van der Waals surface area (Å²) in [5.74, 6) is 0.522. The summed E-state index contributed by atoms with van der Waals surface area (Å²) in [5, 5.41) is 3.01. The molecule has 0 saturated heterocycles. The Morgan fingerprint density at radius 1 is 1.37 bits per heavy atom. The largest absolute Gasteiger partial charge is 0.370 e. The fourth-order valence-electron chi connectivity index (χ4n) is 2.08. The first kappa shape index (κ1) is 16.0. The molecule has 3 nitrogen and oxygen atoms in total. The van der Waals surface area contributed by atoms with E-state index in [-0.39, 0.29) is 24.0 Å². The van der Waals surface area contributed by atoms with E-state index in [9.17, 15) is 0 Å². The first-order valence-corrected chi connectivity index (χ1v) is 6.43. The molecule has 3 N–H and O–H groups in total. The molecular weight excluding hydrogens is 349 g/mol. The Labute approximate surface area is 132 Å². The minimum atomic E-state index is 0. The van der Waals surface area contributed by atoms with Crippen LogP contribution in [0.3, 0.4) is 0 Å². The van der Waals surface area contributed by atoms with Gasteiger partial charge in [0.25, 0.3) is 0 Å². The highest BCUT2D eigenvalue weighted by molar-refractivity contribution is 14.0. The number of aliphatic imine (C=N–C) groups is 1. The quantitative estimate of drug-likeness (QED) is 0.350. The lowest BCUT2D eigenvalue weighted by Gasteiger charge is -2.13. The fourth-order valence-corrected chi connectivity index (χ4v) is 2.08. The van der Waals surface area contributed by atoms with Crippen LogP contribution in [0.15, 0.2) is 48.0 Å². The molecule has 0 amide bonds. The minimum absolute atomic E-state index is 0. The van der Waals surface area contributed by atoms with E-state index in [0.29, 0.717) is 17.9 Å². The SMILES string of the molecule is C=CCNC(N)=NCC1(Cc2ccccc2)CC1.I. The van der Waals surface area contributed by atoms with Crippen molar-refractivity contribution >= 4 is 29.9 Å². The van der Waals surface area contributed by atoms with E-state index in [2.05, 4.69) is 47.2 Å². The first-order valence-electron chi connectivity index (χ1n) is 6.43. The minimum Gasteiger partial charge on any atom is -0.370 e. The number of hydrogen-bond donors (Lipinski definition) is 2. The van der Waals surface area contributed by atoms with Gasteiger partial charge >= 0.3 is 0 Å². The second-order valence-corrected chi connectivity index (χ2v) is 5.03. The highest BCUT2D eigenvalue weighted by Crippen LogP contribution is 2.48. The molecule has 1 aromatic rings. The summed E-state index contributed by atoms with van der Waals surface area (Å²) < 4.78 is 0. The fraction of sp³-hybridized carbons (Fsp3) is 0.400. The number of nitrogens with one attached hydrogen (secondary N) is 1. The Morgan fingerprint density at radius 2 is 2.05 bits per heavy atom. The Balaban J connectivity index is 0.00000180. The number of guanidine groups is 1. The molecule has 1 fully saturated rings. The van der Waals surface area contributed by atoms with Crippen LogP contribution in [0.2, 0.25) is 0 Å². The van der Waals surface area contributed by atoms with Gasteiger partial charge in [0.1, 0.15) is 0 Å². The van der Waals surface area contributed by atoms with E-state index in [4.69, 9.17) is 5.73 Å². The van der Waals surface area contributed by atoms with Gasteiger partial charge in [-0.2, -0.15) is 0 Å². The molecule has 0 bridgehead atoms. The van der Waals surface area contributed by atoms with E-state index in [0.717, 1.165) is 13.0 Å². The summed E-state index contributed by atoms with van der Waals surface area (Å²) in [7, 11) is 0. The number of hydrogen-bond acceptors (Lipinski definition) is 1. The molecule has 1 aliphatic rings. The molecule has 1 saturated carbocycles. The zero-order chi connectivity index (χ0) is 12.8. The van der Waals surface area contributed by atoms with Gasteiger partial charge in [-0.3, -0.25) is 4.99 Å². The van der Waals surface area contributed by atoms with Crippen LogP contribution in [0.5, 0.6) is 0 Å². The summed E-state index contributed by atoms with van der Waals surface area (Å²) >= 11 is 0. The standard InChI is InChI=1S/C15H21N3.HI/c1-2-10-17-14(16)18-12-15(8-9-15)11-13-6-4-3-5-7-13;/h2-7H,1,8-12H2,(H3,16,17,18);1H. The molecule has 0 heterocycles. The lowest BCUT2D eigenvalue weighted by atomic mass is 9.97. The summed E-state index contributed by atoms with van der Waals surface area (Å²) in [6.45, 7) is 5.12. The molecule has 104 valence electrons. The molecule has 0 aromatic heterocycles. The third-order valence-corrected chi connectivity index (χ3v) is 3.39. The van der Waals surface area contributed by atoms with Gasteiger partial charge < -0.3 is 11.1 Å². The molecule has 0 radical (unpaired) electrons. The third-order valence-electron chi connectivity index (χ3n) is 3.39. The number of nitrogens with zero attached hydrogens (tertiary/aromatic N) is 1. The van der Waals surface area contributed by atoms with Crippen molar-refractivity contribution in [3.8, 4) is 0 Å². The van der Waals surface area contributed by atoms with Gasteiger partial charge in [0.2, 0.25) is 0 Å². The van der Waals surface area contributed by atoms with Gasteiger partial charge in [0.15, 0.2) is 5.96 Å². The zero-order valence-corrected chi connectivity index (χ0v) is 13.5. The van der Waals surface area contributed by atoms with E-state index in [1.165, 1.54) is 18.4 Å². The molecule has 4 heteroatoms. The number of nitrogens with two attached hydrogens (primary N) is 1. The van der Waals surface area contributed by atoms with Crippen LogP contribution in [-0.4, -0.2) is 19.0 Å². The molecule has 0 unspecified atom stereocenters. The predicted octanol–water partition coefficient (Wildman–Crippen LogP) is 2.72. The molecule has 0 aliphatic heterocycles. The van der Waals surface area contributed by atoms with Crippen molar-refractivity contribution in [3.63, 3.8) is 0 Å². The van der Waals surface area contributed by atoms with Crippen LogP contribution in [0.1, 0.15) is 18.4 Å². The average molecular weight is 371 g/mol. The van der Waals surface area contributed by atoms with Crippen molar-refractivity contribution in [1.82, 2.24) is 5.32 Å². The van der Waals surface area contributed by atoms with Gasteiger partial charge in [0.05, 0.1) is 0 Å². The monoisotopic (exact) mass is 371 g/mol. The topological polar surface area (TPSA) is 50.4 Å². The second-order valence-electron chi connectivity index (χ2n) is 5.03. The molecule has 1 aromatic carbocycles. The van der Waals surface area contributed by atoms with Crippen LogP contribution >= 0.6 is 24.0 Å². The van der Waals surface area contributed by atoms with E-state index in [1.807, 2.05) is 0 Å². The van der Waals surface area contributed by atoms with Gasteiger partial charge in [-0.25, -0.2) is 0 Å². The molecule has 2 rings (SSSR count). The normalized spacial score (nSPS) is 16.3. The van der Waals surface area contributed by atoms with Crippen molar-refractivity contribution in [3.05, 3.63) is 48.6 Å². The van der Waals surface area contributed by atoms with E-state index < -0.39 is 0 Å². The summed E-state index contributed by atoms with van der Waals surface area (Å²) in [6, 6.07) is 10.6. The second kappa shape index (κ2) is 7.53. The molecular formula is C15H22IN3. The maximum atomic E-state index is 5.78. The lowest BCUT2D eigenvalue weighted by molar-refractivity contribution is 0.521. The van der Waals surface area contributed by atoms with Crippen LogP contribution in [0, 0.1) is 5.41 Å². The van der Waals surface area contributed by atoms with Crippen molar-refractivity contribution in [1.29, 1.82) is 0 Å². The van der Waals surface area contributed by atoms with Crippen LogP contribution in [-0.2, 0) is 6.42 Å². The number of benzene rings is 1. The van der Waals surface area contributed by atoms with Gasteiger partial charge in [-0.05, 0) is 30.2 Å². The van der Waals surface area contributed by atoms with Crippen LogP contribution < -0.4 is 11.1 Å². The Bertz CT molecular complexity index is 424. The third kappa shape index (κ3) is 5.22. The van der Waals surface area contributed by atoms with Crippen LogP contribution in [0.25, 0.3) is 0 Å². The van der Waals surface area contributed by atoms with Gasteiger partial charge in [-0.1, -0.05) is 36.4 Å². The molecule has 0 atom stereocenters. The summed E-state index contributed by atoms with van der Waals surface area (Å²) in [5.41, 5.74) is 7.52. The molecule has 1 aliphatic carbocycles. The number of halogens is 1. The van der Waals surface area contributed by atoms with Crippen molar-refractivity contribution in [2.24, 2.45) is 16.1 Å². The highest BCUT2D eigenvalue weighted by Gasteiger charge is 2.42. The highest BCUT2D eigenvalue weighted by atomic mass is 127. The zero-order valence-electron chi connectivity index (χ0n) is 11.1. The molecule has 0 spiro atoms. The maximum Gasteiger partial charge on any atom is 0.188 e. The Morgan fingerprint density at radius 3 is 2.63 bits per heavy atom. The number of rotatable bonds is 6. The molecule has 19 heavy (non-hydrogen) atoms. The van der Waals surface area contributed by atoms with Crippen molar-refractivity contribution < 1.29 is 0 Å². The average Bonchev–Trinajstić information content (AvgIpc) is 3.15. The first-order chi connectivity index (χ1) is 8.74. The van der Waals surface area contributed by atoms with Crippen molar-refractivity contribution in [2.75, 3.05) is 13.1 Å².